The normalized spacial score (nSPS) is 10.6. The van der Waals surface area contributed by atoms with Crippen LogP contribution in [-0.4, -0.2) is 19.3 Å². The van der Waals surface area contributed by atoms with Crippen LogP contribution in [0.25, 0.3) is 6.08 Å². The highest BCUT2D eigenvalue weighted by Crippen LogP contribution is 2.23. The molecule has 0 atom stereocenters. The summed E-state index contributed by atoms with van der Waals surface area (Å²) in [5.41, 5.74) is 1.65. The number of carbonyl (C=O) groups excluding carboxylic acids is 1. The number of carbonyl (C=O) groups is 1. The zero-order chi connectivity index (χ0) is 15.1. The second-order valence-corrected chi connectivity index (χ2v) is 5.18. The van der Waals surface area contributed by atoms with Gasteiger partial charge in [0.15, 0.2) is 0 Å². The lowest BCUT2D eigenvalue weighted by Crippen LogP contribution is -2.08. The fourth-order valence-corrected chi connectivity index (χ4v) is 2.22. The molecule has 1 N–H and O–H groups in total. The van der Waals surface area contributed by atoms with Gasteiger partial charge in [0.25, 0.3) is 0 Å². The third kappa shape index (κ3) is 4.39. The Labute approximate surface area is 129 Å². The molecular formula is C17H17NO2S. The molecule has 0 aliphatic heterocycles. The average molecular weight is 299 g/mol. The highest BCUT2D eigenvalue weighted by Gasteiger charge is 2.03. The lowest BCUT2D eigenvalue weighted by Gasteiger charge is -2.07. The highest BCUT2D eigenvalue weighted by atomic mass is 32.2. The first kappa shape index (κ1) is 15.2. The maximum atomic E-state index is 11.9. The molecular weight excluding hydrogens is 282 g/mol. The first-order valence-electron chi connectivity index (χ1n) is 6.49. The minimum absolute atomic E-state index is 0.187. The molecule has 2 aromatic rings. The fraction of sp³-hybridized carbons (Fsp3) is 0.118. The van der Waals surface area contributed by atoms with E-state index in [-0.39, 0.29) is 5.91 Å². The van der Waals surface area contributed by atoms with Gasteiger partial charge in [0.1, 0.15) is 5.75 Å². The third-order valence-electron chi connectivity index (χ3n) is 2.91. The Balaban J connectivity index is 2.02. The molecule has 0 saturated carbocycles. The minimum Gasteiger partial charge on any atom is -0.495 e. The van der Waals surface area contributed by atoms with Gasteiger partial charge < -0.3 is 10.1 Å². The Bertz CT molecular complexity index is 635. The molecule has 108 valence electrons. The van der Waals surface area contributed by atoms with Crippen molar-refractivity contribution >= 4 is 29.4 Å². The van der Waals surface area contributed by atoms with Crippen molar-refractivity contribution in [3.63, 3.8) is 0 Å². The zero-order valence-electron chi connectivity index (χ0n) is 12.0. The van der Waals surface area contributed by atoms with Gasteiger partial charge in [0, 0.05) is 11.0 Å². The van der Waals surface area contributed by atoms with Crippen LogP contribution in [0.3, 0.4) is 0 Å². The summed E-state index contributed by atoms with van der Waals surface area (Å²) in [5, 5.41) is 2.80. The van der Waals surface area contributed by atoms with E-state index in [2.05, 4.69) is 5.32 Å². The molecule has 2 aromatic carbocycles. The van der Waals surface area contributed by atoms with Crippen LogP contribution in [0.15, 0.2) is 59.5 Å². The van der Waals surface area contributed by atoms with Crippen LogP contribution >= 0.6 is 11.8 Å². The van der Waals surface area contributed by atoms with Crippen LogP contribution in [0.1, 0.15) is 5.56 Å². The molecule has 0 aliphatic carbocycles. The van der Waals surface area contributed by atoms with E-state index in [1.165, 1.54) is 11.0 Å². The van der Waals surface area contributed by atoms with Gasteiger partial charge in [-0.2, -0.15) is 0 Å². The number of amides is 1. The van der Waals surface area contributed by atoms with Crippen LogP contribution in [0.2, 0.25) is 0 Å². The first-order valence-corrected chi connectivity index (χ1v) is 7.71. The number of rotatable bonds is 5. The van der Waals surface area contributed by atoms with E-state index in [0.717, 1.165) is 5.56 Å². The zero-order valence-corrected chi connectivity index (χ0v) is 12.8. The summed E-state index contributed by atoms with van der Waals surface area (Å²) in [5.74, 6) is 0.456. The molecule has 0 spiro atoms. The number of methoxy groups -OCH3 is 1. The van der Waals surface area contributed by atoms with Crippen molar-refractivity contribution in [2.75, 3.05) is 18.7 Å². The van der Waals surface area contributed by atoms with E-state index in [4.69, 9.17) is 4.74 Å². The predicted octanol–water partition coefficient (Wildman–Crippen LogP) is 4.07. The van der Waals surface area contributed by atoms with E-state index >= 15 is 0 Å². The molecule has 0 bridgehead atoms. The minimum atomic E-state index is -0.187. The van der Waals surface area contributed by atoms with Crippen molar-refractivity contribution in [3.05, 3.63) is 60.2 Å². The van der Waals surface area contributed by atoms with Crippen LogP contribution in [0.4, 0.5) is 5.69 Å². The molecule has 3 nitrogen and oxygen atoms in total. The summed E-state index contributed by atoms with van der Waals surface area (Å²) in [6.07, 6.45) is 5.33. The van der Waals surface area contributed by atoms with Gasteiger partial charge in [-0.15, -0.1) is 11.8 Å². The maximum absolute atomic E-state index is 11.9. The Hall–Kier alpha value is -2.20. The van der Waals surface area contributed by atoms with Crippen LogP contribution < -0.4 is 10.1 Å². The van der Waals surface area contributed by atoms with E-state index in [1.54, 1.807) is 37.1 Å². The average Bonchev–Trinajstić information content (AvgIpc) is 2.54. The second-order valence-electron chi connectivity index (χ2n) is 4.30. The third-order valence-corrected chi connectivity index (χ3v) is 3.65. The van der Waals surface area contributed by atoms with Crippen LogP contribution in [0, 0.1) is 0 Å². The van der Waals surface area contributed by atoms with Gasteiger partial charge in [-0.3, -0.25) is 4.79 Å². The van der Waals surface area contributed by atoms with Crippen molar-refractivity contribution in [2.24, 2.45) is 0 Å². The molecule has 4 heteroatoms. The number of anilines is 1. The first-order chi connectivity index (χ1) is 10.2. The SMILES string of the molecule is COc1ccccc1NC(=O)C=Cc1ccc(SC)cc1. The lowest BCUT2D eigenvalue weighted by molar-refractivity contribution is -0.111. The summed E-state index contributed by atoms with van der Waals surface area (Å²) in [4.78, 5) is 13.1. The van der Waals surface area contributed by atoms with Gasteiger partial charge in [-0.25, -0.2) is 0 Å². The molecule has 0 radical (unpaired) electrons. The summed E-state index contributed by atoms with van der Waals surface area (Å²) < 4.78 is 5.19. The maximum Gasteiger partial charge on any atom is 0.248 e. The van der Waals surface area contributed by atoms with E-state index in [0.29, 0.717) is 11.4 Å². The summed E-state index contributed by atoms with van der Waals surface area (Å²) in [6, 6.07) is 15.3. The highest BCUT2D eigenvalue weighted by molar-refractivity contribution is 7.98. The Morgan fingerprint density at radius 3 is 2.52 bits per heavy atom. The van der Waals surface area contributed by atoms with Gasteiger partial charge in [0.05, 0.1) is 12.8 Å². The Kier molecular flexibility index (Phi) is 5.46. The lowest BCUT2D eigenvalue weighted by atomic mass is 10.2. The van der Waals surface area contributed by atoms with E-state index in [1.807, 2.05) is 42.7 Å². The number of hydrogen-bond donors (Lipinski definition) is 1. The van der Waals surface area contributed by atoms with Crippen molar-refractivity contribution < 1.29 is 9.53 Å². The number of benzene rings is 2. The van der Waals surface area contributed by atoms with Gasteiger partial charge >= 0.3 is 0 Å². The summed E-state index contributed by atoms with van der Waals surface area (Å²) in [7, 11) is 1.58. The van der Waals surface area contributed by atoms with Crippen molar-refractivity contribution in [1.82, 2.24) is 0 Å². The standard InChI is InChI=1S/C17H17NO2S/c1-20-16-6-4-3-5-15(16)18-17(19)12-9-13-7-10-14(21-2)11-8-13/h3-12H,1-2H3,(H,18,19). The van der Waals surface area contributed by atoms with E-state index < -0.39 is 0 Å². The molecule has 2 rings (SSSR count). The molecule has 1 amide bonds. The number of para-hydroxylation sites is 2. The number of ether oxygens (including phenoxy) is 1. The summed E-state index contributed by atoms with van der Waals surface area (Å²) >= 11 is 1.69. The predicted molar refractivity (Wildman–Crippen MR) is 88.9 cm³/mol. The molecule has 0 saturated heterocycles. The molecule has 0 aliphatic rings. The monoisotopic (exact) mass is 299 g/mol. The topological polar surface area (TPSA) is 38.3 Å². The molecule has 0 fully saturated rings. The molecule has 0 unspecified atom stereocenters. The van der Waals surface area contributed by atoms with Crippen LogP contribution in [-0.2, 0) is 4.79 Å². The van der Waals surface area contributed by atoms with Crippen molar-refractivity contribution in [1.29, 1.82) is 0 Å². The number of hydrogen-bond acceptors (Lipinski definition) is 3. The smallest absolute Gasteiger partial charge is 0.248 e. The quantitative estimate of drug-likeness (QED) is 0.668. The van der Waals surface area contributed by atoms with E-state index in [9.17, 15) is 4.79 Å². The Morgan fingerprint density at radius 1 is 1.14 bits per heavy atom. The molecule has 21 heavy (non-hydrogen) atoms. The molecule has 0 heterocycles. The fourth-order valence-electron chi connectivity index (χ4n) is 1.81. The van der Waals surface area contributed by atoms with Crippen LogP contribution in [0.5, 0.6) is 5.75 Å². The number of nitrogens with one attached hydrogen (secondary N) is 1. The Morgan fingerprint density at radius 2 is 1.86 bits per heavy atom. The number of thioether (sulfide) groups is 1. The molecule has 0 aromatic heterocycles. The van der Waals surface area contributed by atoms with Crippen molar-refractivity contribution in [3.8, 4) is 5.75 Å². The second kappa shape index (κ2) is 7.55. The van der Waals surface area contributed by atoms with Gasteiger partial charge in [0.2, 0.25) is 5.91 Å². The summed E-state index contributed by atoms with van der Waals surface area (Å²) in [6.45, 7) is 0. The largest absolute Gasteiger partial charge is 0.495 e. The van der Waals surface area contributed by atoms with Gasteiger partial charge in [-0.05, 0) is 42.2 Å². The van der Waals surface area contributed by atoms with Gasteiger partial charge in [-0.1, -0.05) is 24.3 Å². The van der Waals surface area contributed by atoms with Crippen molar-refractivity contribution in [2.45, 2.75) is 4.90 Å².